The number of β-amino-alcohol motifs (C(OH)–C–C–N with tert-alkyl or cyclic N) is 1. The Morgan fingerprint density at radius 3 is 2.83 bits per heavy atom. The van der Waals surface area contributed by atoms with Gasteiger partial charge in [-0.25, -0.2) is 0 Å². The highest BCUT2D eigenvalue weighted by atomic mass is 19.1. The molecule has 2 nitrogen and oxygen atoms in total. The molecule has 1 heterocycles. The van der Waals surface area contributed by atoms with Gasteiger partial charge in [0.05, 0.1) is 12.8 Å². The third kappa shape index (κ3) is 1.36. The van der Waals surface area contributed by atoms with Gasteiger partial charge in [-0.3, -0.25) is 4.39 Å². The summed E-state index contributed by atoms with van der Waals surface area (Å²) in [7, 11) is 0. The zero-order valence-corrected chi connectivity index (χ0v) is 7.22. The molecule has 0 amide bonds. The van der Waals surface area contributed by atoms with Gasteiger partial charge in [0.15, 0.2) is 0 Å². The normalized spacial score (nSPS) is 38.5. The first kappa shape index (κ1) is 8.45. The minimum absolute atomic E-state index is 0.228. The van der Waals surface area contributed by atoms with Crippen LogP contribution in [0.25, 0.3) is 0 Å². The summed E-state index contributed by atoms with van der Waals surface area (Å²) in [5, 5.41) is 12.7. The van der Waals surface area contributed by atoms with Gasteiger partial charge in [-0.15, -0.1) is 0 Å². The predicted molar refractivity (Wildman–Crippen MR) is 44.7 cm³/mol. The molecular formula is C9H16FNO. The van der Waals surface area contributed by atoms with E-state index in [4.69, 9.17) is 0 Å². The van der Waals surface area contributed by atoms with E-state index in [2.05, 4.69) is 5.32 Å². The summed E-state index contributed by atoms with van der Waals surface area (Å²) in [6, 6.07) is 0. The number of piperidine rings is 1. The average Bonchev–Trinajstić information content (AvgIpc) is 2.80. The van der Waals surface area contributed by atoms with Crippen LogP contribution in [-0.4, -0.2) is 30.0 Å². The second-order valence-corrected chi connectivity index (χ2v) is 4.10. The molecule has 2 rings (SSSR count). The van der Waals surface area contributed by atoms with E-state index >= 15 is 0 Å². The first-order valence-corrected chi connectivity index (χ1v) is 4.76. The van der Waals surface area contributed by atoms with Crippen LogP contribution in [0.3, 0.4) is 0 Å². The topological polar surface area (TPSA) is 32.3 Å². The van der Waals surface area contributed by atoms with Gasteiger partial charge in [0.1, 0.15) is 0 Å². The Morgan fingerprint density at radius 1 is 1.50 bits per heavy atom. The average molecular weight is 173 g/mol. The van der Waals surface area contributed by atoms with Gasteiger partial charge in [0.25, 0.3) is 0 Å². The van der Waals surface area contributed by atoms with Crippen LogP contribution in [0, 0.1) is 5.92 Å². The quantitative estimate of drug-likeness (QED) is 0.649. The molecule has 3 heteroatoms. The van der Waals surface area contributed by atoms with Crippen LogP contribution in [0.5, 0.6) is 0 Å². The van der Waals surface area contributed by atoms with Crippen LogP contribution in [-0.2, 0) is 0 Å². The minimum atomic E-state index is -0.257. The lowest BCUT2D eigenvalue weighted by molar-refractivity contribution is 0.0761. The standard InChI is InChI=1S/C9H16FNO/c10-4-1-7-5-8(12)6-11-9(7)2-3-9/h7-8,11-12H,1-6H2. The van der Waals surface area contributed by atoms with Crippen molar-refractivity contribution in [3.8, 4) is 0 Å². The third-order valence-corrected chi connectivity index (χ3v) is 3.27. The molecule has 0 aromatic heterocycles. The Kier molecular flexibility index (Phi) is 2.09. The predicted octanol–water partition coefficient (Wildman–Crippen LogP) is 0.849. The summed E-state index contributed by atoms with van der Waals surface area (Å²) in [6.07, 6.45) is 3.49. The molecule has 1 saturated carbocycles. The van der Waals surface area contributed by atoms with Crippen molar-refractivity contribution in [2.45, 2.75) is 37.3 Å². The highest BCUT2D eigenvalue weighted by Crippen LogP contribution is 2.47. The first-order valence-electron chi connectivity index (χ1n) is 4.76. The van der Waals surface area contributed by atoms with E-state index in [0.717, 1.165) is 6.42 Å². The highest BCUT2D eigenvalue weighted by molar-refractivity contribution is 5.09. The summed E-state index contributed by atoms with van der Waals surface area (Å²) >= 11 is 0. The molecule has 70 valence electrons. The lowest BCUT2D eigenvalue weighted by atomic mass is 9.85. The van der Waals surface area contributed by atoms with Gasteiger partial charge in [-0.05, 0) is 31.6 Å². The Bertz CT molecular complexity index is 170. The van der Waals surface area contributed by atoms with Crippen LogP contribution < -0.4 is 5.32 Å². The molecule has 0 aromatic rings. The summed E-state index contributed by atoms with van der Waals surface area (Å²) in [6.45, 7) is 0.448. The summed E-state index contributed by atoms with van der Waals surface area (Å²) < 4.78 is 12.2. The van der Waals surface area contributed by atoms with Crippen molar-refractivity contribution in [2.75, 3.05) is 13.2 Å². The van der Waals surface area contributed by atoms with Crippen LogP contribution in [0.2, 0.25) is 0 Å². The molecular weight excluding hydrogens is 157 g/mol. The number of alkyl halides is 1. The highest BCUT2D eigenvalue weighted by Gasteiger charge is 2.51. The second kappa shape index (κ2) is 2.96. The zero-order valence-electron chi connectivity index (χ0n) is 7.22. The lowest BCUT2D eigenvalue weighted by Gasteiger charge is -2.35. The maximum Gasteiger partial charge on any atom is 0.0897 e. The number of nitrogens with one attached hydrogen (secondary N) is 1. The van der Waals surface area contributed by atoms with Crippen LogP contribution in [0.4, 0.5) is 4.39 Å². The van der Waals surface area contributed by atoms with E-state index in [0.29, 0.717) is 18.9 Å². The van der Waals surface area contributed by atoms with Crippen molar-refractivity contribution >= 4 is 0 Å². The van der Waals surface area contributed by atoms with Gasteiger partial charge >= 0.3 is 0 Å². The number of aliphatic hydroxyl groups excluding tert-OH is 1. The van der Waals surface area contributed by atoms with E-state index in [1.54, 1.807) is 0 Å². The van der Waals surface area contributed by atoms with Gasteiger partial charge in [-0.1, -0.05) is 0 Å². The van der Waals surface area contributed by atoms with Crippen molar-refractivity contribution in [1.82, 2.24) is 5.32 Å². The van der Waals surface area contributed by atoms with Crippen LogP contribution in [0.15, 0.2) is 0 Å². The van der Waals surface area contributed by atoms with Crippen molar-refractivity contribution < 1.29 is 9.50 Å². The molecule has 1 spiro atoms. The smallest absolute Gasteiger partial charge is 0.0897 e. The maximum atomic E-state index is 12.2. The molecule has 1 saturated heterocycles. The van der Waals surface area contributed by atoms with E-state index in [1.165, 1.54) is 12.8 Å². The number of hydrogen-bond donors (Lipinski definition) is 2. The van der Waals surface area contributed by atoms with E-state index in [-0.39, 0.29) is 18.3 Å². The molecule has 1 aliphatic heterocycles. The van der Waals surface area contributed by atoms with Gasteiger partial charge in [0, 0.05) is 12.1 Å². The van der Waals surface area contributed by atoms with Gasteiger partial charge in [-0.2, -0.15) is 0 Å². The number of hydrogen-bond acceptors (Lipinski definition) is 2. The number of halogens is 1. The fourth-order valence-corrected chi connectivity index (χ4v) is 2.35. The molecule has 2 N–H and O–H groups in total. The van der Waals surface area contributed by atoms with E-state index in [9.17, 15) is 9.50 Å². The molecule has 0 radical (unpaired) electrons. The Labute approximate surface area is 72.2 Å². The second-order valence-electron chi connectivity index (χ2n) is 4.10. The van der Waals surface area contributed by atoms with Gasteiger partial charge in [0.2, 0.25) is 0 Å². The molecule has 0 bridgehead atoms. The lowest BCUT2D eigenvalue weighted by Crippen LogP contribution is -2.49. The Morgan fingerprint density at radius 2 is 2.25 bits per heavy atom. The number of aliphatic hydroxyl groups is 1. The minimum Gasteiger partial charge on any atom is -0.392 e. The van der Waals surface area contributed by atoms with Crippen LogP contribution in [0.1, 0.15) is 25.7 Å². The van der Waals surface area contributed by atoms with Crippen LogP contribution >= 0.6 is 0 Å². The van der Waals surface area contributed by atoms with Crippen molar-refractivity contribution in [1.29, 1.82) is 0 Å². The monoisotopic (exact) mass is 173 g/mol. The summed E-state index contributed by atoms with van der Waals surface area (Å²) in [5.74, 6) is 0.367. The molecule has 2 atom stereocenters. The van der Waals surface area contributed by atoms with Crippen molar-refractivity contribution in [3.63, 3.8) is 0 Å². The van der Waals surface area contributed by atoms with Crippen molar-refractivity contribution in [2.24, 2.45) is 5.92 Å². The molecule has 1 aliphatic carbocycles. The molecule has 0 aromatic carbocycles. The summed E-state index contributed by atoms with van der Waals surface area (Å²) in [5.41, 5.74) is 0.228. The zero-order chi connectivity index (χ0) is 8.60. The third-order valence-electron chi connectivity index (χ3n) is 3.27. The fraction of sp³-hybridized carbons (Fsp3) is 1.00. The van der Waals surface area contributed by atoms with Crippen molar-refractivity contribution in [3.05, 3.63) is 0 Å². The first-order chi connectivity index (χ1) is 5.77. The van der Waals surface area contributed by atoms with Gasteiger partial charge < -0.3 is 10.4 Å². The largest absolute Gasteiger partial charge is 0.392 e. The molecule has 2 aliphatic rings. The van der Waals surface area contributed by atoms with E-state index < -0.39 is 0 Å². The Hall–Kier alpha value is -0.150. The summed E-state index contributed by atoms with van der Waals surface area (Å²) in [4.78, 5) is 0. The molecule has 2 unspecified atom stereocenters. The Balaban J connectivity index is 1.96. The molecule has 12 heavy (non-hydrogen) atoms. The van der Waals surface area contributed by atoms with E-state index in [1.807, 2.05) is 0 Å². The molecule has 2 fully saturated rings. The SMILES string of the molecule is OC1CNC2(CC2)C(CCF)C1. The maximum absolute atomic E-state index is 12.2. The fourth-order valence-electron chi connectivity index (χ4n) is 2.35. The number of rotatable bonds is 2.